The van der Waals surface area contributed by atoms with Crippen LogP contribution in [-0.2, 0) is 6.54 Å². The maximum atomic E-state index is 9.30. The van der Waals surface area contributed by atoms with E-state index >= 15 is 0 Å². The Balaban J connectivity index is 1.51. The monoisotopic (exact) mass is 317 g/mol. The number of rotatable bonds is 3. The van der Waals surface area contributed by atoms with Crippen molar-refractivity contribution < 1.29 is 0 Å². The first-order chi connectivity index (χ1) is 11.8. The fourth-order valence-electron chi connectivity index (χ4n) is 4.64. The van der Waals surface area contributed by atoms with Crippen LogP contribution in [0.4, 0.5) is 0 Å². The second kappa shape index (κ2) is 6.39. The van der Waals surface area contributed by atoms with Crippen LogP contribution >= 0.6 is 0 Å². The molecule has 2 aliphatic rings. The Hall–Kier alpha value is -2.15. The summed E-state index contributed by atoms with van der Waals surface area (Å²) in [6, 6.07) is 21.7. The van der Waals surface area contributed by atoms with E-state index in [1.807, 2.05) is 18.2 Å². The number of nitrogens with zero attached hydrogens (tertiary/aromatic N) is 3. The standard InChI is InChI=1S/C21H23N3/c1-23-12-19-14-24(13-18-10-6-5-9-17(18)11-22)15-20(19)21(23)16-7-3-2-4-8-16/h2-10,19-21H,12-15H2,1H3/t19-,20+,21-/m0/s1. The zero-order chi connectivity index (χ0) is 16.5. The second-order valence-electron chi connectivity index (χ2n) is 7.18. The zero-order valence-electron chi connectivity index (χ0n) is 14.1. The van der Waals surface area contributed by atoms with Gasteiger partial charge in [0.1, 0.15) is 0 Å². The van der Waals surface area contributed by atoms with Gasteiger partial charge in [-0.15, -0.1) is 0 Å². The van der Waals surface area contributed by atoms with Crippen LogP contribution in [0.2, 0.25) is 0 Å². The van der Waals surface area contributed by atoms with Crippen LogP contribution in [0.15, 0.2) is 54.6 Å². The van der Waals surface area contributed by atoms with Crippen LogP contribution in [-0.4, -0.2) is 36.5 Å². The van der Waals surface area contributed by atoms with Gasteiger partial charge in [0.15, 0.2) is 0 Å². The highest BCUT2D eigenvalue weighted by Crippen LogP contribution is 2.44. The molecule has 24 heavy (non-hydrogen) atoms. The van der Waals surface area contributed by atoms with Gasteiger partial charge in [0.25, 0.3) is 0 Å². The Morgan fingerprint density at radius 1 is 1.00 bits per heavy atom. The van der Waals surface area contributed by atoms with Crippen molar-refractivity contribution in [1.29, 1.82) is 5.26 Å². The average molecular weight is 317 g/mol. The number of hydrogen-bond acceptors (Lipinski definition) is 3. The molecule has 0 aliphatic carbocycles. The van der Waals surface area contributed by atoms with Gasteiger partial charge < -0.3 is 0 Å². The summed E-state index contributed by atoms with van der Waals surface area (Å²) in [6.45, 7) is 4.31. The largest absolute Gasteiger partial charge is 0.299 e. The fraction of sp³-hybridized carbons (Fsp3) is 0.381. The van der Waals surface area contributed by atoms with E-state index in [4.69, 9.17) is 0 Å². The molecular weight excluding hydrogens is 294 g/mol. The minimum absolute atomic E-state index is 0.521. The molecule has 2 aromatic carbocycles. The molecule has 3 atom stereocenters. The van der Waals surface area contributed by atoms with Crippen molar-refractivity contribution in [2.75, 3.05) is 26.7 Å². The Labute approximate surface area is 144 Å². The van der Waals surface area contributed by atoms with Crippen LogP contribution in [0.25, 0.3) is 0 Å². The van der Waals surface area contributed by atoms with E-state index in [1.165, 1.54) is 12.1 Å². The normalized spacial score (nSPS) is 27.1. The fourth-order valence-corrected chi connectivity index (χ4v) is 4.64. The zero-order valence-corrected chi connectivity index (χ0v) is 14.1. The predicted octanol–water partition coefficient (Wildman–Crippen LogP) is 3.29. The van der Waals surface area contributed by atoms with Crippen LogP contribution in [0, 0.1) is 23.2 Å². The van der Waals surface area contributed by atoms with Crippen molar-refractivity contribution in [3.05, 3.63) is 71.3 Å². The molecule has 2 aliphatic heterocycles. The topological polar surface area (TPSA) is 30.3 Å². The van der Waals surface area contributed by atoms with E-state index in [9.17, 15) is 5.26 Å². The van der Waals surface area contributed by atoms with Crippen LogP contribution in [0.3, 0.4) is 0 Å². The predicted molar refractivity (Wildman–Crippen MR) is 95.2 cm³/mol. The van der Waals surface area contributed by atoms with Crippen molar-refractivity contribution in [1.82, 2.24) is 9.80 Å². The molecule has 3 heteroatoms. The molecule has 0 N–H and O–H groups in total. The van der Waals surface area contributed by atoms with Gasteiger partial charge in [0, 0.05) is 32.2 Å². The molecule has 122 valence electrons. The van der Waals surface area contributed by atoms with Crippen molar-refractivity contribution in [2.45, 2.75) is 12.6 Å². The second-order valence-corrected chi connectivity index (χ2v) is 7.18. The maximum absolute atomic E-state index is 9.30. The van der Waals surface area contributed by atoms with Crippen molar-refractivity contribution >= 4 is 0 Å². The van der Waals surface area contributed by atoms with Gasteiger partial charge in [-0.25, -0.2) is 0 Å². The average Bonchev–Trinajstić information content (AvgIpc) is 3.11. The van der Waals surface area contributed by atoms with Gasteiger partial charge >= 0.3 is 0 Å². The highest BCUT2D eigenvalue weighted by atomic mass is 15.2. The quantitative estimate of drug-likeness (QED) is 0.870. The molecule has 0 spiro atoms. The highest BCUT2D eigenvalue weighted by Gasteiger charge is 2.45. The first-order valence-electron chi connectivity index (χ1n) is 8.72. The molecule has 0 amide bonds. The number of nitriles is 1. The lowest BCUT2D eigenvalue weighted by Crippen LogP contribution is -2.29. The first kappa shape index (κ1) is 15.4. The van der Waals surface area contributed by atoms with E-state index in [0.717, 1.165) is 36.7 Å². The molecule has 0 radical (unpaired) electrons. The summed E-state index contributed by atoms with van der Waals surface area (Å²) in [5, 5.41) is 9.30. The van der Waals surface area contributed by atoms with Crippen molar-refractivity contribution in [3.8, 4) is 6.07 Å². The number of fused-ring (bicyclic) bond motifs is 1. The van der Waals surface area contributed by atoms with Crippen LogP contribution < -0.4 is 0 Å². The van der Waals surface area contributed by atoms with Gasteiger partial charge in [-0.2, -0.15) is 5.26 Å². The Morgan fingerprint density at radius 2 is 1.75 bits per heavy atom. The summed E-state index contributed by atoms with van der Waals surface area (Å²) in [5.41, 5.74) is 3.41. The van der Waals surface area contributed by atoms with E-state index in [1.54, 1.807) is 0 Å². The van der Waals surface area contributed by atoms with E-state index in [-0.39, 0.29) is 0 Å². The van der Waals surface area contributed by atoms with Crippen LogP contribution in [0.1, 0.15) is 22.7 Å². The SMILES string of the molecule is CN1C[C@H]2CN(Cc3ccccc3C#N)C[C@H]2[C@@H]1c1ccccc1. The molecule has 2 aromatic rings. The molecule has 2 fully saturated rings. The van der Waals surface area contributed by atoms with Crippen LogP contribution in [0.5, 0.6) is 0 Å². The Morgan fingerprint density at radius 3 is 2.54 bits per heavy atom. The number of benzene rings is 2. The number of hydrogen-bond donors (Lipinski definition) is 0. The molecule has 0 unspecified atom stereocenters. The van der Waals surface area contributed by atoms with Crippen molar-refractivity contribution in [2.24, 2.45) is 11.8 Å². The molecule has 0 aromatic heterocycles. The van der Waals surface area contributed by atoms with Gasteiger partial charge in [-0.3, -0.25) is 9.80 Å². The molecule has 2 heterocycles. The third-order valence-electron chi connectivity index (χ3n) is 5.64. The third kappa shape index (κ3) is 2.73. The number of likely N-dealkylation sites (tertiary alicyclic amines) is 2. The minimum atomic E-state index is 0.521. The lowest BCUT2D eigenvalue weighted by Gasteiger charge is -2.27. The van der Waals surface area contributed by atoms with Gasteiger partial charge in [-0.05, 0) is 36.1 Å². The molecule has 4 rings (SSSR count). The smallest absolute Gasteiger partial charge is 0.0995 e. The first-order valence-corrected chi connectivity index (χ1v) is 8.72. The van der Waals surface area contributed by atoms with E-state index in [0.29, 0.717) is 12.0 Å². The molecule has 2 saturated heterocycles. The molecule has 3 nitrogen and oxygen atoms in total. The minimum Gasteiger partial charge on any atom is -0.299 e. The summed E-state index contributed by atoms with van der Waals surface area (Å²) in [4.78, 5) is 5.06. The van der Waals surface area contributed by atoms with E-state index < -0.39 is 0 Å². The summed E-state index contributed by atoms with van der Waals surface area (Å²) in [7, 11) is 2.26. The molecule has 0 saturated carbocycles. The lowest BCUT2D eigenvalue weighted by atomic mass is 9.90. The van der Waals surface area contributed by atoms with Gasteiger partial charge in [0.2, 0.25) is 0 Å². The summed E-state index contributed by atoms with van der Waals surface area (Å²) in [5.74, 6) is 1.42. The maximum Gasteiger partial charge on any atom is 0.0995 e. The molecule has 0 bridgehead atoms. The highest BCUT2D eigenvalue weighted by molar-refractivity contribution is 5.37. The van der Waals surface area contributed by atoms with E-state index in [2.05, 4.69) is 59.3 Å². The molecular formula is C21H23N3. The lowest BCUT2D eigenvalue weighted by molar-refractivity contribution is 0.224. The summed E-state index contributed by atoms with van der Waals surface area (Å²) >= 11 is 0. The van der Waals surface area contributed by atoms with Crippen molar-refractivity contribution in [3.63, 3.8) is 0 Å². The van der Waals surface area contributed by atoms with Gasteiger partial charge in [-0.1, -0.05) is 48.5 Å². The third-order valence-corrected chi connectivity index (χ3v) is 5.64. The summed E-state index contributed by atoms with van der Waals surface area (Å²) < 4.78 is 0. The Kier molecular flexibility index (Phi) is 4.10. The summed E-state index contributed by atoms with van der Waals surface area (Å²) in [6.07, 6.45) is 0. The Bertz CT molecular complexity index is 749. The van der Waals surface area contributed by atoms with Gasteiger partial charge in [0.05, 0.1) is 11.6 Å².